The molecule has 0 aromatic carbocycles. The highest BCUT2D eigenvalue weighted by atomic mass is 32.1. The van der Waals surface area contributed by atoms with Crippen LogP contribution in [0.5, 0.6) is 0 Å². The summed E-state index contributed by atoms with van der Waals surface area (Å²) in [6.07, 6.45) is 3.92. The van der Waals surface area contributed by atoms with Gasteiger partial charge in [-0.15, -0.1) is 11.3 Å². The van der Waals surface area contributed by atoms with E-state index in [-0.39, 0.29) is 0 Å². The van der Waals surface area contributed by atoms with Crippen LogP contribution in [0.4, 0.5) is 0 Å². The number of ether oxygens (including phenoxy) is 1. The third-order valence-corrected chi connectivity index (χ3v) is 5.38. The molecule has 4 nitrogen and oxygen atoms in total. The minimum absolute atomic E-state index is 0.300. The molecule has 0 aliphatic carbocycles. The van der Waals surface area contributed by atoms with Gasteiger partial charge in [0.15, 0.2) is 0 Å². The molecule has 2 aliphatic heterocycles. The fraction of sp³-hybridized carbons (Fsp3) is 0.800. The van der Waals surface area contributed by atoms with Crippen LogP contribution in [0.3, 0.4) is 0 Å². The van der Waals surface area contributed by atoms with Crippen molar-refractivity contribution in [1.29, 1.82) is 0 Å². The van der Waals surface area contributed by atoms with Gasteiger partial charge in [0.1, 0.15) is 0 Å². The van der Waals surface area contributed by atoms with Gasteiger partial charge in [-0.25, -0.2) is 4.98 Å². The number of aryl methyl sites for hydroxylation is 1. The second kappa shape index (κ2) is 6.52. The molecule has 2 aliphatic rings. The fourth-order valence-corrected chi connectivity index (χ4v) is 4.20. The molecular formula is C15H25N3OS. The molecule has 1 aromatic rings. The lowest BCUT2D eigenvalue weighted by Crippen LogP contribution is -2.54. The van der Waals surface area contributed by atoms with Crippen LogP contribution in [-0.2, 0) is 11.2 Å². The SMILES string of the molecule is CCNC(Cc1nc(C)cs1)C1CN2CCCC2CO1. The molecule has 0 bridgehead atoms. The summed E-state index contributed by atoms with van der Waals surface area (Å²) in [5.74, 6) is 0. The molecule has 1 aromatic heterocycles. The van der Waals surface area contributed by atoms with E-state index < -0.39 is 0 Å². The Bertz CT molecular complexity index is 437. The van der Waals surface area contributed by atoms with Crippen molar-refractivity contribution in [2.24, 2.45) is 0 Å². The van der Waals surface area contributed by atoms with Gasteiger partial charge in [-0.3, -0.25) is 4.90 Å². The number of thiazole rings is 1. The summed E-state index contributed by atoms with van der Waals surface area (Å²) in [7, 11) is 0. The molecule has 20 heavy (non-hydrogen) atoms. The van der Waals surface area contributed by atoms with Gasteiger partial charge in [-0.1, -0.05) is 6.92 Å². The second-order valence-electron chi connectivity index (χ2n) is 5.91. The normalized spacial score (nSPS) is 28.5. The largest absolute Gasteiger partial charge is 0.374 e. The van der Waals surface area contributed by atoms with Crippen molar-refractivity contribution < 1.29 is 4.74 Å². The summed E-state index contributed by atoms with van der Waals surface area (Å²) < 4.78 is 6.16. The van der Waals surface area contributed by atoms with Crippen molar-refractivity contribution >= 4 is 11.3 Å². The summed E-state index contributed by atoms with van der Waals surface area (Å²) in [6, 6.07) is 1.06. The number of fused-ring (bicyclic) bond motifs is 1. The Morgan fingerprint density at radius 2 is 2.50 bits per heavy atom. The summed E-state index contributed by atoms with van der Waals surface area (Å²) in [5, 5.41) is 6.96. The molecule has 2 fully saturated rings. The summed E-state index contributed by atoms with van der Waals surface area (Å²) >= 11 is 1.77. The van der Waals surface area contributed by atoms with E-state index in [1.54, 1.807) is 11.3 Å². The fourth-order valence-electron chi connectivity index (χ4n) is 3.37. The lowest BCUT2D eigenvalue weighted by molar-refractivity contribution is -0.0641. The Morgan fingerprint density at radius 1 is 1.60 bits per heavy atom. The van der Waals surface area contributed by atoms with E-state index in [0.29, 0.717) is 18.2 Å². The van der Waals surface area contributed by atoms with Crippen LogP contribution >= 0.6 is 11.3 Å². The minimum atomic E-state index is 0.300. The predicted octanol–water partition coefficient (Wildman–Crippen LogP) is 1.84. The van der Waals surface area contributed by atoms with Gasteiger partial charge in [0.25, 0.3) is 0 Å². The standard InChI is InChI=1S/C15H25N3OS/c1-3-16-13(7-15-17-11(2)10-20-15)14-8-18-6-4-5-12(18)9-19-14/h10,12-14,16H,3-9H2,1-2H3. The zero-order valence-electron chi connectivity index (χ0n) is 12.5. The number of rotatable bonds is 5. The van der Waals surface area contributed by atoms with Gasteiger partial charge in [0, 0.05) is 36.1 Å². The van der Waals surface area contributed by atoms with Crippen LogP contribution in [0, 0.1) is 6.92 Å². The number of likely N-dealkylation sites (N-methyl/N-ethyl adjacent to an activating group) is 1. The molecule has 3 heterocycles. The van der Waals surface area contributed by atoms with E-state index in [2.05, 4.69) is 34.4 Å². The highest BCUT2D eigenvalue weighted by Crippen LogP contribution is 2.25. The van der Waals surface area contributed by atoms with Crippen molar-refractivity contribution in [2.45, 2.75) is 51.3 Å². The van der Waals surface area contributed by atoms with Gasteiger partial charge in [-0.05, 0) is 32.9 Å². The average Bonchev–Trinajstić information content (AvgIpc) is 3.06. The molecule has 112 valence electrons. The summed E-state index contributed by atoms with van der Waals surface area (Å²) in [4.78, 5) is 7.22. The smallest absolute Gasteiger partial charge is 0.0944 e. The average molecular weight is 295 g/mol. The Labute approximate surface area is 125 Å². The van der Waals surface area contributed by atoms with E-state index in [9.17, 15) is 0 Å². The van der Waals surface area contributed by atoms with Crippen LogP contribution in [0.2, 0.25) is 0 Å². The lowest BCUT2D eigenvalue weighted by Gasteiger charge is -2.39. The predicted molar refractivity (Wildman–Crippen MR) is 82.4 cm³/mol. The van der Waals surface area contributed by atoms with Crippen LogP contribution in [0.25, 0.3) is 0 Å². The number of hydrogen-bond acceptors (Lipinski definition) is 5. The van der Waals surface area contributed by atoms with Gasteiger partial charge in [0.2, 0.25) is 0 Å². The highest BCUT2D eigenvalue weighted by Gasteiger charge is 2.35. The Hall–Kier alpha value is -0.490. The maximum atomic E-state index is 6.16. The molecule has 2 saturated heterocycles. The molecule has 0 radical (unpaired) electrons. The molecule has 3 atom stereocenters. The third-order valence-electron chi connectivity index (χ3n) is 4.39. The monoisotopic (exact) mass is 295 g/mol. The first-order valence-electron chi connectivity index (χ1n) is 7.76. The van der Waals surface area contributed by atoms with Crippen LogP contribution < -0.4 is 5.32 Å². The van der Waals surface area contributed by atoms with Crippen LogP contribution in [-0.4, -0.2) is 54.3 Å². The molecule has 0 amide bonds. The molecule has 3 unspecified atom stereocenters. The molecule has 1 N–H and O–H groups in total. The number of nitrogens with one attached hydrogen (secondary N) is 1. The minimum Gasteiger partial charge on any atom is -0.374 e. The van der Waals surface area contributed by atoms with Crippen LogP contribution in [0.15, 0.2) is 5.38 Å². The molecule has 0 spiro atoms. The van der Waals surface area contributed by atoms with E-state index >= 15 is 0 Å². The third kappa shape index (κ3) is 3.22. The zero-order chi connectivity index (χ0) is 13.9. The first-order valence-corrected chi connectivity index (χ1v) is 8.64. The van der Waals surface area contributed by atoms with Gasteiger partial charge >= 0.3 is 0 Å². The summed E-state index contributed by atoms with van der Waals surface area (Å²) in [5.41, 5.74) is 1.13. The van der Waals surface area contributed by atoms with E-state index in [4.69, 9.17) is 4.74 Å². The number of hydrogen-bond donors (Lipinski definition) is 1. The first-order chi connectivity index (χ1) is 9.76. The van der Waals surface area contributed by atoms with Gasteiger partial charge in [0.05, 0.1) is 17.7 Å². The Kier molecular flexibility index (Phi) is 4.71. The quantitative estimate of drug-likeness (QED) is 0.899. The molecule has 3 rings (SSSR count). The Balaban J connectivity index is 1.63. The van der Waals surface area contributed by atoms with Gasteiger partial charge < -0.3 is 10.1 Å². The zero-order valence-corrected chi connectivity index (χ0v) is 13.3. The van der Waals surface area contributed by atoms with E-state index in [1.165, 1.54) is 24.4 Å². The molecular weight excluding hydrogens is 270 g/mol. The maximum Gasteiger partial charge on any atom is 0.0944 e. The Morgan fingerprint density at radius 3 is 3.25 bits per heavy atom. The van der Waals surface area contributed by atoms with Crippen molar-refractivity contribution in [3.8, 4) is 0 Å². The van der Waals surface area contributed by atoms with Crippen molar-refractivity contribution in [3.63, 3.8) is 0 Å². The maximum absolute atomic E-state index is 6.16. The van der Waals surface area contributed by atoms with E-state index in [0.717, 1.165) is 31.8 Å². The number of aromatic nitrogens is 1. The second-order valence-corrected chi connectivity index (χ2v) is 6.86. The topological polar surface area (TPSA) is 37.4 Å². The highest BCUT2D eigenvalue weighted by molar-refractivity contribution is 7.09. The van der Waals surface area contributed by atoms with Crippen LogP contribution in [0.1, 0.15) is 30.5 Å². The van der Waals surface area contributed by atoms with E-state index in [1.807, 2.05) is 0 Å². The number of morpholine rings is 1. The summed E-state index contributed by atoms with van der Waals surface area (Å²) in [6.45, 7) is 8.45. The van der Waals surface area contributed by atoms with Crippen molar-refractivity contribution in [3.05, 3.63) is 16.1 Å². The van der Waals surface area contributed by atoms with Crippen molar-refractivity contribution in [1.82, 2.24) is 15.2 Å². The molecule has 0 saturated carbocycles. The van der Waals surface area contributed by atoms with Gasteiger partial charge in [-0.2, -0.15) is 0 Å². The first kappa shape index (κ1) is 14.4. The molecule has 5 heteroatoms. The lowest BCUT2D eigenvalue weighted by atomic mass is 10.0. The van der Waals surface area contributed by atoms with Crippen molar-refractivity contribution in [2.75, 3.05) is 26.2 Å². The number of nitrogens with zero attached hydrogens (tertiary/aromatic N) is 2.